The van der Waals surface area contributed by atoms with E-state index >= 15 is 0 Å². The maximum atomic E-state index is 13.1. The van der Waals surface area contributed by atoms with Crippen LogP contribution in [0.1, 0.15) is 37.0 Å². The molecule has 1 N–H and O–H groups in total. The van der Waals surface area contributed by atoms with Crippen LogP contribution in [0.5, 0.6) is 0 Å². The Hall–Kier alpha value is -2.40. The van der Waals surface area contributed by atoms with E-state index < -0.39 is 0 Å². The number of piperidine rings is 1. The molecule has 2 amide bonds. The number of fused-ring (bicyclic) bond motifs is 1. The molecule has 28 heavy (non-hydrogen) atoms. The summed E-state index contributed by atoms with van der Waals surface area (Å²) in [5.41, 5.74) is 0.757. The number of nitrogens with zero attached hydrogens (tertiary/aromatic N) is 2. The molecule has 2 unspecified atom stereocenters. The van der Waals surface area contributed by atoms with Crippen LogP contribution in [0.15, 0.2) is 42.5 Å². The summed E-state index contributed by atoms with van der Waals surface area (Å²) in [4.78, 5) is 30.1. The van der Waals surface area contributed by atoms with Gasteiger partial charge in [-0.05, 0) is 43.5 Å². The van der Waals surface area contributed by atoms with E-state index in [1.165, 1.54) is 0 Å². The maximum absolute atomic E-state index is 13.1. The topological polar surface area (TPSA) is 52.7 Å². The lowest BCUT2D eigenvalue weighted by Gasteiger charge is -2.41. The number of amides is 2. The highest BCUT2D eigenvalue weighted by molar-refractivity contribution is 6.07. The van der Waals surface area contributed by atoms with E-state index in [0.29, 0.717) is 19.1 Å². The molecule has 2 atom stereocenters. The van der Waals surface area contributed by atoms with Gasteiger partial charge in [0.15, 0.2) is 0 Å². The van der Waals surface area contributed by atoms with Crippen molar-refractivity contribution in [2.24, 2.45) is 5.92 Å². The van der Waals surface area contributed by atoms with E-state index in [2.05, 4.69) is 19.2 Å². The van der Waals surface area contributed by atoms with Gasteiger partial charge in [-0.15, -0.1) is 0 Å². The summed E-state index contributed by atoms with van der Waals surface area (Å²) >= 11 is 0. The maximum Gasteiger partial charge on any atom is 0.254 e. The molecule has 0 bridgehead atoms. The first-order valence-corrected chi connectivity index (χ1v) is 10.4. The van der Waals surface area contributed by atoms with E-state index in [1.807, 2.05) is 52.3 Å². The Morgan fingerprint density at radius 3 is 2.46 bits per heavy atom. The van der Waals surface area contributed by atoms with Crippen molar-refractivity contribution in [1.82, 2.24) is 15.1 Å². The first-order chi connectivity index (χ1) is 13.6. The number of benzene rings is 2. The van der Waals surface area contributed by atoms with Crippen molar-refractivity contribution >= 4 is 22.6 Å². The molecule has 148 valence electrons. The van der Waals surface area contributed by atoms with Crippen LogP contribution in [0.25, 0.3) is 10.8 Å². The summed E-state index contributed by atoms with van der Waals surface area (Å²) in [5.74, 6) is 0.370. The Labute approximate surface area is 166 Å². The molecule has 4 rings (SSSR count). The first kappa shape index (κ1) is 18.9. The van der Waals surface area contributed by atoms with E-state index in [0.717, 1.165) is 42.3 Å². The minimum absolute atomic E-state index is 0.0318. The zero-order chi connectivity index (χ0) is 19.7. The molecule has 2 fully saturated rings. The summed E-state index contributed by atoms with van der Waals surface area (Å²) in [7, 11) is 0. The average Bonchev–Trinajstić information content (AvgIpc) is 2.74. The Balaban J connectivity index is 1.42. The fourth-order valence-electron chi connectivity index (χ4n) is 4.51. The monoisotopic (exact) mass is 379 g/mol. The van der Waals surface area contributed by atoms with Crippen LogP contribution in [-0.4, -0.2) is 59.9 Å². The quantitative estimate of drug-likeness (QED) is 0.873. The minimum Gasteiger partial charge on any atom is -0.339 e. The second kappa shape index (κ2) is 7.92. The standard InChI is InChI=1S/C23H29N3O2/c1-16-17(2)26(15-12-24-16)22(27)19-10-13-25(14-11-19)23(28)21-9-5-7-18-6-3-4-8-20(18)21/h3-9,16-17,19,24H,10-15H2,1-2H3. The summed E-state index contributed by atoms with van der Waals surface area (Å²) in [6.07, 6.45) is 1.50. The fraction of sp³-hybridized carbons (Fsp3) is 0.478. The van der Waals surface area contributed by atoms with Gasteiger partial charge in [-0.1, -0.05) is 36.4 Å². The molecule has 2 saturated heterocycles. The molecule has 2 aromatic rings. The normalized spacial score (nSPS) is 23.8. The first-order valence-electron chi connectivity index (χ1n) is 10.4. The predicted molar refractivity (Wildman–Crippen MR) is 111 cm³/mol. The smallest absolute Gasteiger partial charge is 0.254 e. The Morgan fingerprint density at radius 2 is 1.68 bits per heavy atom. The average molecular weight is 380 g/mol. The number of piperazine rings is 1. The number of rotatable bonds is 2. The van der Waals surface area contributed by atoms with Gasteiger partial charge in [0.05, 0.1) is 0 Å². The Bertz CT molecular complexity index is 868. The van der Waals surface area contributed by atoms with Gasteiger partial charge in [-0.3, -0.25) is 9.59 Å². The van der Waals surface area contributed by atoms with E-state index in [-0.39, 0.29) is 23.8 Å². The molecule has 2 aromatic carbocycles. The predicted octanol–water partition coefficient (Wildman–Crippen LogP) is 2.90. The van der Waals surface area contributed by atoms with Crippen molar-refractivity contribution in [3.8, 4) is 0 Å². The highest BCUT2D eigenvalue weighted by atomic mass is 16.2. The molecular weight excluding hydrogens is 350 g/mol. The van der Waals surface area contributed by atoms with Crippen LogP contribution in [0.4, 0.5) is 0 Å². The summed E-state index contributed by atoms with van der Waals surface area (Å²) < 4.78 is 0. The molecule has 5 nitrogen and oxygen atoms in total. The van der Waals surface area contributed by atoms with Crippen LogP contribution in [0.2, 0.25) is 0 Å². The minimum atomic E-state index is 0.0318. The molecule has 0 aromatic heterocycles. The van der Waals surface area contributed by atoms with Crippen molar-refractivity contribution in [2.45, 2.75) is 38.8 Å². The Morgan fingerprint density at radius 1 is 0.964 bits per heavy atom. The van der Waals surface area contributed by atoms with Gasteiger partial charge in [0.2, 0.25) is 5.91 Å². The number of carbonyl (C=O) groups excluding carboxylic acids is 2. The number of nitrogens with one attached hydrogen (secondary N) is 1. The molecule has 0 saturated carbocycles. The Kier molecular flexibility index (Phi) is 5.36. The van der Waals surface area contributed by atoms with Gasteiger partial charge in [0.25, 0.3) is 5.91 Å². The number of hydrogen-bond acceptors (Lipinski definition) is 3. The second-order valence-corrected chi connectivity index (χ2v) is 8.11. The molecule has 0 aliphatic carbocycles. The molecule has 2 heterocycles. The second-order valence-electron chi connectivity index (χ2n) is 8.11. The van der Waals surface area contributed by atoms with Gasteiger partial charge < -0.3 is 15.1 Å². The molecule has 2 aliphatic rings. The number of carbonyl (C=O) groups is 2. The number of likely N-dealkylation sites (tertiary alicyclic amines) is 1. The van der Waals surface area contributed by atoms with Crippen molar-refractivity contribution in [3.63, 3.8) is 0 Å². The molecule has 2 aliphatic heterocycles. The highest BCUT2D eigenvalue weighted by Crippen LogP contribution is 2.25. The lowest BCUT2D eigenvalue weighted by Crippen LogP contribution is -2.59. The van der Waals surface area contributed by atoms with Gasteiger partial charge in [0.1, 0.15) is 0 Å². The third kappa shape index (κ3) is 3.51. The van der Waals surface area contributed by atoms with Crippen molar-refractivity contribution < 1.29 is 9.59 Å². The van der Waals surface area contributed by atoms with Crippen LogP contribution in [0.3, 0.4) is 0 Å². The van der Waals surface area contributed by atoms with Crippen LogP contribution >= 0.6 is 0 Å². The van der Waals surface area contributed by atoms with E-state index in [9.17, 15) is 9.59 Å². The zero-order valence-electron chi connectivity index (χ0n) is 16.7. The molecule has 0 radical (unpaired) electrons. The van der Waals surface area contributed by atoms with Gasteiger partial charge in [-0.25, -0.2) is 0 Å². The lowest BCUT2D eigenvalue weighted by atomic mass is 9.93. The van der Waals surface area contributed by atoms with Gasteiger partial charge in [-0.2, -0.15) is 0 Å². The summed E-state index contributed by atoms with van der Waals surface area (Å²) in [6.45, 7) is 7.18. The van der Waals surface area contributed by atoms with E-state index in [4.69, 9.17) is 0 Å². The largest absolute Gasteiger partial charge is 0.339 e. The van der Waals surface area contributed by atoms with Crippen LogP contribution in [0, 0.1) is 5.92 Å². The lowest BCUT2D eigenvalue weighted by molar-refractivity contribution is -0.140. The third-order valence-electron chi connectivity index (χ3n) is 6.47. The summed E-state index contributed by atoms with van der Waals surface area (Å²) in [6, 6.07) is 14.4. The number of hydrogen-bond donors (Lipinski definition) is 1. The molecular formula is C23H29N3O2. The van der Waals surface area contributed by atoms with E-state index in [1.54, 1.807) is 0 Å². The fourth-order valence-corrected chi connectivity index (χ4v) is 4.51. The van der Waals surface area contributed by atoms with Crippen LogP contribution < -0.4 is 5.32 Å². The molecule has 5 heteroatoms. The van der Waals surface area contributed by atoms with Crippen molar-refractivity contribution in [3.05, 3.63) is 48.0 Å². The highest BCUT2D eigenvalue weighted by Gasteiger charge is 2.35. The zero-order valence-corrected chi connectivity index (χ0v) is 16.7. The summed E-state index contributed by atoms with van der Waals surface area (Å²) in [5, 5.41) is 5.51. The van der Waals surface area contributed by atoms with Crippen molar-refractivity contribution in [1.29, 1.82) is 0 Å². The van der Waals surface area contributed by atoms with Crippen molar-refractivity contribution in [2.75, 3.05) is 26.2 Å². The molecule has 0 spiro atoms. The van der Waals surface area contributed by atoms with Crippen LogP contribution in [-0.2, 0) is 4.79 Å². The van der Waals surface area contributed by atoms with Gasteiger partial charge >= 0.3 is 0 Å². The van der Waals surface area contributed by atoms with Gasteiger partial charge in [0, 0.05) is 49.7 Å². The third-order valence-corrected chi connectivity index (χ3v) is 6.47. The SMILES string of the molecule is CC1NCCN(C(=O)C2CCN(C(=O)c3cccc4ccccc34)CC2)C1C.